The van der Waals surface area contributed by atoms with Crippen molar-refractivity contribution in [3.63, 3.8) is 0 Å². The Balaban J connectivity index is 1.73. The summed E-state index contributed by atoms with van der Waals surface area (Å²) in [5, 5.41) is 8.89. The summed E-state index contributed by atoms with van der Waals surface area (Å²) in [6, 6.07) is 8.45. The van der Waals surface area contributed by atoms with E-state index in [4.69, 9.17) is 4.74 Å². The van der Waals surface area contributed by atoms with Gasteiger partial charge in [-0.3, -0.25) is 9.59 Å². The Bertz CT molecular complexity index is 929. The summed E-state index contributed by atoms with van der Waals surface area (Å²) in [5.74, 6) is -1.56. The maximum absolute atomic E-state index is 13.0. The molecule has 0 aliphatic carbocycles. The Morgan fingerprint density at radius 1 is 1.12 bits per heavy atom. The van der Waals surface area contributed by atoms with Crippen LogP contribution in [-0.4, -0.2) is 58.5 Å². The molecule has 0 spiro atoms. The van der Waals surface area contributed by atoms with E-state index in [0.29, 0.717) is 0 Å². The molecule has 1 aliphatic rings. The van der Waals surface area contributed by atoms with E-state index in [-0.39, 0.29) is 23.9 Å². The molecule has 1 saturated heterocycles. The largest absolute Gasteiger partial charge is 0.458 e. The molecule has 3 rings (SSSR count). The number of rotatable bonds is 7. The third-order valence-electron chi connectivity index (χ3n) is 5.04. The number of esters is 1. The van der Waals surface area contributed by atoms with Crippen LogP contribution >= 0.6 is 0 Å². The molecule has 1 aliphatic heterocycles. The van der Waals surface area contributed by atoms with Gasteiger partial charge in [0.2, 0.25) is 0 Å². The molecule has 1 aromatic heterocycles. The lowest BCUT2D eigenvalue weighted by Crippen LogP contribution is -2.46. The van der Waals surface area contributed by atoms with Crippen molar-refractivity contribution in [3.05, 3.63) is 53.6 Å². The first-order chi connectivity index (χ1) is 15.2. The van der Waals surface area contributed by atoms with Crippen LogP contribution in [0.4, 0.5) is 0 Å². The van der Waals surface area contributed by atoms with E-state index in [2.05, 4.69) is 25.9 Å². The summed E-state index contributed by atoms with van der Waals surface area (Å²) in [5.41, 5.74) is 0.180. The molecule has 0 radical (unpaired) electrons. The molecule has 1 atom stereocenters. The van der Waals surface area contributed by atoms with E-state index in [1.807, 2.05) is 30.3 Å². The van der Waals surface area contributed by atoms with Crippen LogP contribution in [0, 0.1) is 0 Å². The van der Waals surface area contributed by atoms with E-state index in [9.17, 15) is 14.4 Å². The molecule has 32 heavy (non-hydrogen) atoms. The zero-order valence-electron chi connectivity index (χ0n) is 18.7. The van der Waals surface area contributed by atoms with Crippen molar-refractivity contribution < 1.29 is 19.1 Å². The SMILES string of the molecule is CC(C)(C)OC(=O)[C@H](Cc1ccccc1)NC(=O)c1nc[nH]c1C(=O)NC1CCNCC1. The molecule has 4 N–H and O–H groups in total. The molecule has 2 amide bonds. The third-order valence-corrected chi connectivity index (χ3v) is 5.04. The van der Waals surface area contributed by atoms with Crippen molar-refractivity contribution in [2.45, 2.75) is 57.7 Å². The minimum atomic E-state index is -0.929. The van der Waals surface area contributed by atoms with Gasteiger partial charge >= 0.3 is 5.97 Å². The van der Waals surface area contributed by atoms with E-state index in [0.717, 1.165) is 31.5 Å². The summed E-state index contributed by atoms with van der Waals surface area (Å²) < 4.78 is 5.50. The molecule has 2 aromatic rings. The maximum Gasteiger partial charge on any atom is 0.329 e. The topological polar surface area (TPSA) is 125 Å². The lowest BCUT2D eigenvalue weighted by molar-refractivity contribution is -0.157. The highest BCUT2D eigenvalue weighted by molar-refractivity contribution is 6.05. The number of amides is 2. The number of nitrogens with zero attached hydrogens (tertiary/aromatic N) is 1. The van der Waals surface area contributed by atoms with E-state index >= 15 is 0 Å². The number of hydrogen-bond donors (Lipinski definition) is 4. The van der Waals surface area contributed by atoms with Crippen molar-refractivity contribution in [1.82, 2.24) is 25.9 Å². The van der Waals surface area contributed by atoms with E-state index in [1.54, 1.807) is 20.8 Å². The van der Waals surface area contributed by atoms with E-state index < -0.39 is 29.4 Å². The Morgan fingerprint density at radius 2 is 1.81 bits per heavy atom. The van der Waals surface area contributed by atoms with Crippen molar-refractivity contribution >= 4 is 17.8 Å². The van der Waals surface area contributed by atoms with Gasteiger partial charge in [-0.05, 0) is 52.3 Å². The monoisotopic (exact) mass is 441 g/mol. The Kier molecular flexibility index (Phi) is 7.63. The second-order valence-electron chi connectivity index (χ2n) is 8.87. The fourth-order valence-electron chi connectivity index (χ4n) is 3.51. The fourth-order valence-corrected chi connectivity index (χ4v) is 3.51. The lowest BCUT2D eigenvalue weighted by atomic mass is 10.0. The molecule has 9 heteroatoms. The van der Waals surface area contributed by atoms with Gasteiger partial charge in [-0.25, -0.2) is 9.78 Å². The molecular formula is C23H31N5O4. The summed E-state index contributed by atoms with van der Waals surface area (Å²) in [7, 11) is 0. The highest BCUT2D eigenvalue weighted by atomic mass is 16.6. The van der Waals surface area contributed by atoms with Crippen molar-refractivity contribution in [1.29, 1.82) is 0 Å². The number of imidazole rings is 1. The van der Waals surface area contributed by atoms with Gasteiger partial charge < -0.3 is 25.7 Å². The van der Waals surface area contributed by atoms with Crippen LogP contribution in [0.3, 0.4) is 0 Å². The standard InChI is InChI=1S/C23H31N5O4/c1-23(2,3)32-22(31)17(13-15-7-5-4-6-8-15)28-21(30)19-18(25-14-26-19)20(29)27-16-9-11-24-12-10-16/h4-8,14,16-17,24H,9-13H2,1-3H3,(H,25,26)(H,27,29)(H,28,30)/t17-/m0/s1. The first kappa shape index (κ1) is 23.5. The second kappa shape index (κ2) is 10.4. The second-order valence-corrected chi connectivity index (χ2v) is 8.87. The van der Waals surface area contributed by atoms with Gasteiger partial charge in [0.15, 0.2) is 5.69 Å². The predicted octanol–water partition coefficient (Wildman–Crippen LogP) is 1.57. The highest BCUT2D eigenvalue weighted by Gasteiger charge is 2.30. The van der Waals surface area contributed by atoms with Crippen molar-refractivity contribution in [2.75, 3.05) is 13.1 Å². The molecule has 172 valence electrons. The summed E-state index contributed by atoms with van der Waals surface area (Å²) >= 11 is 0. The zero-order valence-corrected chi connectivity index (χ0v) is 18.7. The van der Waals surface area contributed by atoms with Crippen LogP contribution in [0.2, 0.25) is 0 Å². The number of aromatic nitrogens is 2. The number of carbonyl (C=O) groups excluding carboxylic acids is 3. The van der Waals surface area contributed by atoms with Crippen LogP contribution in [-0.2, 0) is 16.0 Å². The predicted molar refractivity (Wildman–Crippen MR) is 119 cm³/mol. The molecule has 1 fully saturated rings. The van der Waals surface area contributed by atoms with Gasteiger partial charge in [0, 0.05) is 12.5 Å². The van der Waals surface area contributed by atoms with Gasteiger partial charge in [-0.1, -0.05) is 30.3 Å². The average Bonchev–Trinajstić information content (AvgIpc) is 3.24. The Hall–Kier alpha value is -3.20. The van der Waals surface area contributed by atoms with Crippen LogP contribution in [0.5, 0.6) is 0 Å². The summed E-state index contributed by atoms with van der Waals surface area (Å²) in [6.07, 6.45) is 3.19. The minimum Gasteiger partial charge on any atom is -0.458 e. The molecule has 0 unspecified atom stereocenters. The van der Waals surface area contributed by atoms with Crippen LogP contribution in [0.15, 0.2) is 36.7 Å². The van der Waals surface area contributed by atoms with Crippen molar-refractivity contribution in [3.8, 4) is 0 Å². The Labute approximate surface area is 187 Å². The molecule has 0 saturated carbocycles. The number of piperidine rings is 1. The van der Waals surface area contributed by atoms with Crippen LogP contribution < -0.4 is 16.0 Å². The summed E-state index contributed by atoms with van der Waals surface area (Å²) in [6.45, 7) is 6.96. The number of hydrogen-bond acceptors (Lipinski definition) is 6. The quantitative estimate of drug-likeness (QED) is 0.484. The fraction of sp³-hybridized carbons (Fsp3) is 0.478. The molecule has 9 nitrogen and oxygen atoms in total. The number of aromatic amines is 1. The minimum absolute atomic E-state index is 0.0375. The van der Waals surface area contributed by atoms with Gasteiger partial charge in [-0.2, -0.15) is 0 Å². The number of H-pyrrole nitrogens is 1. The normalized spacial score (nSPS) is 15.6. The molecule has 0 bridgehead atoms. The summed E-state index contributed by atoms with van der Waals surface area (Å²) in [4.78, 5) is 45.3. The van der Waals surface area contributed by atoms with Crippen LogP contribution in [0.25, 0.3) is 0 Å². The van der Waals surface area contributed by atoms with Gasteiger partial charge in [0.1, 0.15) is 17.3 Å². The maximum atomic E-state index is 13.0. The van der Waals surface area contributed by atoms with Gasteiger partial charge in [0.25, 0.3) is 11.8 Å². The van der Waals surface area contributed by atoms with Crippen molar-refractivity contribution in [2.24, 2.45) is 0 Å². The number of benzene rings is 1. The average molecular weight is 442 g/mol. The van der Waals surface area contributed by atoms with Gasteiger partial charge in [0.05, 0.1) is 6.33 Å². The van der Waals surface area contributed by atoms with Gasteiger partial charge in [-0.15, -0.1) is 0 Å². The lowest BCUT2D eigenvalue weighted by Gasteiger charge is -2.25. The Morgan fingerprint density at radius 3 is 2.47 bits per heavy atom. The van der Waals surface area contributed by atoms with Crippen LogP contribution in [0.1, 0.15) is 60.2 Å². The third kappa shape index (κ3) is 6.65. The molecular weight excluding hydrogens is 410 g/mol. The number of carbonyl (C=O) groups is 3. The smallest absolute Gasteiger partial charge is 0.329 e. The first-order valence-corrected chi connectivity index (χ1v) is 10.9. The number of nitrogens with one attached hydrogen (secondary N) is 4. The zero-order chi connectivity index (χ0) is 23.1. The molecule has 2 heterocycles. The molecule has 1 aromatic carbocycles. The number of ether oxygens (including phenoxy) is 1. The first-order valence-electron chi connectivity index (χ1n) is 10.9. The van der Waals surface area contributed by atoms with E-state index in [1.165, 1.54) is 6.33 Å². The highest BCUT2D eigenvalue weighted by Crippen LogP contribution is 2.13.